The van der Waals surface area contributed by atoms with Crippen LogP contribution >= 0.6 is 11.6 Å². The fraction of sp³-hybridized carbons (Fsp3) is 0.286. The van der Waals surface area contributed by atoms with Gasteiger partial charge in [0.1, 0.15) is 5.15 Å². The van der Waals surface area contributed by atoms with Gasteiger partial charge in [0.15, 0.2) is 0 Å². The number of rotatable bonds is 3. The number of nitrogens with one attached hydrogen (secondary N) is 1. The number of hydrogen-bond donors (Lipinski definition) is 2. The van der Waals surface area contributed by atoms with E-state index in [2.05, 4.69) is 10.3 Å². The number of aliphatic hydroxyl groups excluding tert-OH is 1. The minimum Gasteiger partial charge on any atom is -0.394 e. The van der Waals surface area contributed by atoms with Gasteiger partial charge in [0, 0.05) is 5.39 Å². The van der Waals surface area contributed by atoms with Crippen LogP contribution < -0.4 is 5.32 Å². The van der Waals surface area contributed by atoms with E-state index >= 15 is 0 Å². The molecule has 5 heteroatoms. The second kappa shape index (κ2) is 4.47. The van der Waals surface area contributed by atoms with Gasteiger partial charge in [-0.15, -0.1) is 0 Å². The summed E-state index contributed by atoms with van der Waals surface area (Å²) < 4.78 is 0. The maximum Gasteiger partial charge on any atom is 0.252 e. The first-order chi connectivity index (χ1) is 9.13. The van der Waals surface area contributed by atoms with Gasteiger partial charge in [-0.3, -0.25) is 4.79 Å². The molecule has 1 aliphatic rings. The molecule has 3 rings (SSSR count). The van der Waals surface area contributed by atoms with Gasteiger partial charge in [-0.1, -0.05) is 29.8 Å². The first-order valence-electron chi connectivity index (χ1n) is 6.12. The molecule has 0 spiro atoms. The van der Waals surface area contributed by atoms with Crippen LogP contribution in [0.1, 0.15) is 23.2 Å². The van der Waals surface area contributed by atoms with Crippen molar-refractivity contribution in [3.8, 4) is 0 Å². The van der Waals surface area contributed by atoms with Crippen molar-refractivity contribution < 1.29 is 9.90 Å². The van der Waals surface area contributed by atoms with Crippen LogP contribution in [0.3, 0.4) is 0 Å². The van der Waals surface area contributed by atoms with Crippen LogP contribution in [0.4, 0.5) is 0 Å². The number of amides is 1. The van der Waals surface area contributed by atoms with E-state index in [1.54, 1.807) is 6.07 Å². The third-order valence-electron chi connectivity index (χ3n) is 3.46. The third kappa shape index (κ3) is 2.29. The zero-order valence-corrected chi connectivity index (χ0v) is 10.9. The van der Waals surface area contributed by atoms with Crippen molar-refractivity contribution in [2.75, 3.05) is 6.61 Å². The number of para-hydroxylation sites is 1. The molecule has 1 saturated carbocycles. The number of benzene rings is 1. The van der Waals surface area contributed by atoms with Crippen LogP contribution in [-0.2, 0) is 0 Å². The Kier molecular flexibility index (Phi) is 2.92. The summed E-state index contributed by atoms with van der Waals surface area (Å²) in [6.07, 6.45) is 1.62. The van der Waals surface area contributed by atoms with Crippen molar-refractivity contribution in [2.24, 2.45) is 0 Å². The molecule has 4 nitrogen and oxygen atoms in total. The SMILES string of the molecule is O=C(NC1(CO)CC1)c1cc(Cl)nc2ccccc12. The summed E-state index contributed by atoms with van der Waals surface area (Å²) in [6.45, 7) is -0.0323. The molecular formula is C14H13ClN2O2. The molecule has 2 aromatic rings. The van der Waals surface area contributed by atoms with Crippen molar-refractivity contribution >= 4 is 28.4 Å². The minimum atomic E-state index is -0.437. The van der Waals surface area contributed by atoms with E-state index in [0.29, 0.717) is 11.1 Å². The Morgan fingerprint density at radius 1 is 1.42 bits per heavy atom. The average molecular weight is 277 g/mol. The van der Waals surface area contributed by atoms with Crippen LogP contribution in [0, 0.1) is 0 Å². The minimum absolute atomic E-state index is 0.0323. The van der Waals surface area contributed by atoms with Crippen LogP contribution in [0.15, 0.2) is 30.3 Å². The quantitative estimate of drug-likeness (QED) is 0.845. The van der Waals surface area contributed by atoms with Crippen LogP contribution in [-0.4, -0.2) is 28.1 Å². The number of halogens is 1. The van der Waals surface area contributed by atoms with Gasteiger partial charge in [0.2, 0.25) is 0 Å². The number of aliphatic hydroxyl groups is 1. The monoisotopic (exact) mass is 276 g/mol. The van der Waals surface area contributed by atoms with Crippen molar-refractivity contribution in [1.82, 2.24) is 10.3 Å². The van der Waals surface area contributed by atoms with Crippen LogP contribution in [0.5, 0.6) is 0 Å². The molecule has 19 heavy (non-hydrogen) atoms. The Morgan fingerprint density at radius 2 is 2.16 bits per heavy atom. The summed E-state index contributed by atoms with van der Waals surface area (Å²) in [5.74, 6) is -0.216. The molecule has 98 valence electrons. The second-order valence-corrected chi connectivity index (χ2v) is 5.29. The maximum atomic E-state index is 12.3. The Balaban J connectivity index is 2.02. The van der Waals surface area contributed by atoms with Crippen molar-refractivity contribution in [2.45, 2.75) is 18.4 Å². The lowest BCUT2D eigenvalue weighted by Gasteiger charge is -2.15. The van der Waals surface area contributed by atoms with Gasteiger partial charge >= 0.3 is 0 Å². The summed E-state index contributed by atoms with van der Waals surface area (Å²) in [6, 6.07) is 8.92. The average Bonchev–Trinajstić information content (AvgIpc) is 3.18. The largest absolute Gasteiger partial charge is 0.394 e. The Hall–Kier alpha value is -1.65. The number of fused-ring (bicyclic) bond motifs is 1. The fourth-order valence-corrected chi connectivity index (χ4v) is 2.31. The number of hydrogen-bond acceptors (Lipinski definition) is 3. The fourth-order valence-electron chi connectivity index (χ4n) is 2.11. The molecule has 1 amide bonds. The number of pyridine rings is 1. The number of nitrogens with zero attached hydrogens (tertiary/aromatic N) is 1. The molecule has 0 bridgehead atoms. The normalized spacial score (nSPS) is 16.3. The number of aromatic nitrogens is 1. The highest BCUT2D eigenvalue weighted by molar-refractivity contribution is 6.30. The highest BCUT2D eigenvalue weighted by Gasteiger charge is 2.43. The lowest BCUT2D eigenvalue weighted by Crippen LogP contribution is -2.39. The number of carbonyl (C=O) groups excluding carboxylic acids is 1. The predicted molar refractivity (Wildman–Crippen MR) is 73.3 cm³/mol. The zero-order valence-electron chi connectivity index (χ0n) is 10.2. The summed E-state index contributed by atoms with van der Waals surface area (Å²) >= 11 is 5.95. The van der Waals surface area contributed by atoms with Gasteiger partial charge in [0.05, 0.1) is 23.2 Å². The molecular weight excluding hydrogens is 264 g/mol. The molecule has 0 saturated heterocycles. The highest BCUT2D eigenvalue weighted by atomic mass is 35.5. The van der Waals surface area contributed by atoms with Gasteiger partial charge < -0.3 is 10.4 Å². The molecule has 0 radical (unpaired) electrons. The van der Waals surface area contributed by atoms with Gasteiger partial charge in [0.25, 0.3) is 5.91 Å². The zero-order chi connectivity index (χ0) is 13.5. The topological polar surface area (TPSA) is 62.2 Å². The van der Waals surface area contributed by atoms with E-state index in [1.165, 1.54) is 0 Å². The lowest BCUT2D eigenvalue weighted by molar-refractivity contribution is 0.0908. The summed E-state index contributed by atoms with van der Waals surface area (Å²) in [7, 11) is 0. The predicted octanol–water partition coefficient (Wildman–Crippen LogP) is 2.14. The van der Waals surface area contributed by atoms with E-state index in [1.807, 2.05) is 24.3 Å². The van der Waals surface area contributed by atoms with Crippen molar-refractivity contribution in [3.05, 3.63) is 41.0 Å². The van der Waals surface area contributed by atoms with E-state index < -0.39 is 5.54 Å². The summed E-state index contributed by atoms with van der Waals surface area (Å²) in [4.78, 5) is 16.5. The highest BCUT2D eigenvalue weighted by Crippen LogP contribution is 2.35. The first kappa shape index (κ1) is 12.4. The van der Waals surface area contributed by atoms with E-state index in [9.17, 15) is 9.90 Å². The molecule has 2 N–H and O–H groups in total. The third-order valence-corrected chi connectivity index (χ3v) is 3.66. The molecule has 1 aliphatic carbocycles. The summed E-state index contributed by atoms with van der Waals surface area (Å²) in [5.41, 5.74) is 0.748. The Labute approximate surface area is 115 Å². The van der Waals surface area contributed by atoms with Crippen LogP contribution in [0.25, 0.3) is 10.9 Å². The standard InChI is InChI=1S/C14H13ClN2O2/c15-12-7-10(9-3-1-2-4-11(9)16-12)13(19)17-14(8-18)5-6-14/h1-4,7,18H,5-6,8H2,(H,17,19). The smallest absolute Gasteiger partial charge is 0.252 e. The Bertz CT molecular complexity index is 653. The molecule has 0 aliphatic heterocycles. The van der Waals surface area contributed by atoms with E-state index in [0.717, 1.165) is 18.2 Å². The lowest BCUT2D eigenvalue weighted by atomic mass is 10.1. The molecule has 1 heterocycles. The van der Waals surface area contributed by atoms with Crippen LogP contribution in [0.2, 0.25) is 5.15 Å². The first-order valence-corrected chi connectivity index (χ1v) is 6.50. The van der Waals surface area contributed by atoms with Gasteiger partial charge in [-0.25, -0.2) is 4.98 Å². The van der Waals surface area contributed by atoms with Gasteiger partial charge in [-0.2, -0.15) is 0 Å². The Morgan fingerprint density at radius 3 is 2.84 bits per heavy atom. The summed E-state index contributed by atoms with van der Waals surface area (Å²) in [5, 5.41) is 13.2. The number of carbonyl (C=O) groups is 1. The molecule has 1 aromatic heterocycles. The molecule has 0 unspecified atom stereocenters. The van der Waals surface area contributed by atoms with E-state index in [4.69, 9.17) is 11.6 Å². The van der Waals surface area contributed by atoms with Gasteiger partial charge in [-0.05, 0) is 25.0 Å². The van der Waals surface area contributed by atoms with E-state index in [-0.39, 0.29) is 17.7 Å². The van der Waals surface area contributed by atoms with Crippen molar-refractivity contribution in [1.29, 1.82) is 0 Å². The van der Waals surface area contributed by atoms with Crippen molar-refractivity contribution in [3.63, 3.8) is 0 Å². The maximum absolute atomic E-state index is 12.3. The molecule has 1 aromatic carbocycles. The molecule has 1 fully saturated rings. The molecule has 0 atom stereocenters. The second-order valence-electron chi connectivity index (χ2n) is 4.90.